The van der Waals surface area contributed by atoms with Crippen molar-refractivity contribution in [2.24, 2.45) is 11.8 Å². The highest BCUT2D eigenvalue weighted by atomic mass is 19.4. The Labute approximate surface area is 246 Å². The lowest BCUT2D eigenvalue weighted by Gasteiger charge is -2.41. The molecular weight excluding hydrogens is 576 g/mol. The van der Waals surface area contributed by atoms with Crippen molar-refractivity contribution >= 4 is 17.7 Å². The third kappa shape index (κ3) is 7.69. The van der Waals surface area contributed by atoms with Crippen LogP contribution in [-0.4, -0.2) is 65.6 Å². The van der Waals surface area contributed by atoms with Gasteiger partial charge in [-0.15, -0.1) is 0 Å². The first kappa shape index (κ1) is 32.3. The summed E-state index contributed by atoms with van der Waals surface area (Å²) in [6, 6.07) is 8.87. The van der Waals surface area contributed by atoms with Crippen LogP contribution < -0.4 is 0 Å². The summed E-state index contributed by atoms with van der Waals surface area (Å²) >= 11 is 0. The Kier molecular flexibility index (Phi) is 9.46. The Hall–Kier alpha value is -3.57. The zero-order valence-corrected chi connectivity index (χ0v) is 24.3. The van der Waals surface area contributed by atoms with Gasteiger partial charge in [0.25, 0.3) is 0 Å². The van der Waals surface area contributed by atoms with Gasteiger partial charge in [-0.3, -0.25) is 14.4 Å². The van der Waals surface area contributed by atoms with Crippen LogP contribution >= 0.6 is 0 Å². The maximum Gasteiger partial charge on any atom is 0.416 e. The van der Waals surface area contributed by atoms with E-state index in [1.807, 2.05) is 31.2 Å². The van der Waals surface area contributed by atoms with E-state index >= 15 is 0 Å². The molecular formula is C31H35F6N3O3. The number of hydrogen-bond acceptors (Lipinski definition) is 3. The van der Waals surface area contributed by atoms with E-state index in [2.05, 4.69) is 0 Å². The second-order valence-corrected chi connectivity index (χ2v) is 11.6. The quantitative estimate of drug-likeness (QED) is 0.397. The average molecular weight is 612 g/mol. The molecule has 0 radical (unpaired) electrons. The normalized spacial score (nSPS) is 20.2. The van der Waals surface area contributed by atoms with E-state index in [-0.39, 0.29) is 42.3 Å². The van der Waals surface area contributed by atoms with Crippen molar-refractivity contribution in [2.45, 2.75) is 57.9 Å². The van der Waals surface area contributed by atoms with E-state index in [1.165, 1.54) is 14.0 Å². The number of amides is 3. The van der Waals surface area contributed by atoms with Gasteiger partial charge in [-0.05, 0) is 55.5 Å². The molecule has 3 amide bonds. The second-order valence-electron chi connectivity index (χ2n) is 11.6. The third-order valence-electron chi connectivity index (χ3n) is 8.48. The van der Waals surface area contributed by atoms with Crippen LogP contribution in [0.3, 0.4) is 0 Å². The predicted molar refractivity (Wildman–Crippen MR) is 147 cm³/mol. The minimum absolute atomic E-state index is 0.0338. The molecule has 2 aliphatic rings. The molecule has 2 aromatic rings. The van der Waals surface area contributed by atoms with Gasteiger partial charge in [-0.2, -0.15) is 26.3 Å². The number of benzene rings is 2. The third-order valence-corrected chi connectivity index (χ3v) is 8.48. The zero-order chi connectivity index (χ0) is 31.7. The lowest BCUT2D eigenvalue weighted by molar-refractivity contribution is -0.145. The maximum absolute atomic E-state index is 13.7. The smallest absolute Gasteiger partial charge is 0.343 e. The molecule has 2 aliphatic heterocycles. The number of halogens is 6. The SMILES string of the molecule is CC(=O)N1CCC(C(=O)N2CC[C@H](C(=O)N(C)Cc3cc(C(F)(F)F)cc(C(F)(F)F)c3)[C@@H](c3ccc(C)cc3)C2)CC1. The molecule has 0 aliphatic carbocycles. The highest BCUT2D eigenvalue weighted by molar-refractivity contribution is 5.82. The number of carbonyl (C=O) groups excluding carboxylic acids is 3. The van der Waals surface area contributed by atoms with E-state index < -0.39 is 47.8 Å². The second kappa shape index (κ2) is 12.6. The Morgan fingerprint density at radius 2 is 1.37 bits per heavy atom. The molecule has 234 valence electrons. The number of nitrogens with zero attached hydrogens (tertiary/aromatic N) is 3. The van der Waals surface area contributed by atoms with Crippen LogP contribution in [0.25, 0.3) is 0 Å². The molecule has 4 rings (SSSR count). The van der Waals surface area contributed by atoms with Crippen molar-refractivity contribution < 1.29 is 40.7 Å². The van der Waals surface area contributed by atoms with Crippen LogP contribution in [0, 0.1) is 18.8 Å². The lowest BCUT2D eigenvalue weighted by Crippen LogP contribution is -2.50. The molecule has 0 bridgehead atoms. The molecule has 2 aromatic carbocycles. The number of piperidine rings is 2. The van der Waals surface area contributed by atoms with Crippen LogP contribution in [0.2, 0.25) is 0 Å². The molecule has 0 N–H and O–H groups in total. The van der Waals surface area contributed by atoms with Gasteiger partial charge >= 0.3 is 12.4 Å². The number of rotatable bonds is 5. The Morgan fingerprint density at radius 1 is 0.837 bits per heavy atom. The van der Waals surface area contributed by atoms with Crippen LogP contribution in [0.1, 0.15) is 59.9 Å². The first-order valence-corrected chi connectivity index (χ1v) is 14.2. The maximum atomic E-state index is 13.7. The topological polar surface area (TPSA) is 60.9 Å². The fraction of sp³-hybridized carbons (Fsp3) is 0.516. The number of likely N-dealkylation sites (tertiary alicyclic amines) is 2. The number of hydrogen-bond donors (Lipinski definition) is 0. The van der Waals surface area contributed by atoms with E-state index in [0.29, 0.717) is 44.6 Å². The Bertz CT molecular complexity index is 1300. The van der Waals surface area contributed by atoms with Gasteiger partial charge in [0.2, 0.25) is 17.7 Å². The van der Waals surface area contributed by atoms with Gasteiger partial charge in [-0.25, -0.2) is 0 Å². The van der Waals surface area contributed by atoms with Crippen LogP contribution in [0.5, 0.6) is 0 Å². The minimum atomic E-state index is -4.99. The van der Waals surface area contributed by atoms with E-state index in [1.54, 1.807) is 9.80 Å². The van der Waals surface area contributed by atoms with E-state index in [9.17, 15) is 40.7 Å². The summed E-state index contributed by atoms with van der Waals surface area (Å²) in [4.78, 5) is 43.5. The summed E-state index contributed by atoms with van der Waals surface area (Å²) in [6.45, 7) is 4.50. The summed E-state index contributed by atoms with van der Waals surface area (Å²) in [5, 5.41) is 0. The molecule has 0 unspecified atom stereocenters. The van der Waals surface area contributed by atoms with Crippen LogP contribution in [0.15, 0.2) is 42.5 Å². The van der Waals surface area contributed by atoms with Crippen molar-refractivity contribution in [1.82, 2.24) is 14.7 Å². The van der Waals surface area contributed by atoms with Crippen LogP contribution in [0.4, 0.5) is 26.3 Å². The van der Waals surface area contributed by atoms with Gasteiger partial charge in [0.15, 0.2) is 0 Å². The first-order valence-electron chi connectivity index (χ1n) is 14.2. The van der Waals surface area contributed by atoms with Gasteiger partial charge in [0, 0.05) is 64.4 Å². The fourth-order valence-corrected chi connectivity index (χ4v) is 6.04. The van der Waals surface area contributed by atoms with Crippen molar-refractivity contribution in [3.05, 3.63) is 70.3 Å². The molecule has 43 heavy (non-hydrogen) atoms. The van der Waals surface area contributed by atoms with Crippen molar-refractivity contribution in [3.63, 3.8) is 0 Å². The summed E-state index contributed by atoms with van der Waals surface area (Å²) in [5.41, 5.74) is -1.34. The molecule has 2 heterocycles. The Morgan fingerprint density at radius 3 is 1.88 bits per heavy atom. The number of alkyl halides is 6. The van der Waals surface area contributed by atoms with Crippen molar-refractivity contribution in [2.75, 3.05) is 33.2 Å². The van der Waals surface area contributed by atoms with Gasteiger partial charge in [0.1, 0.15) is 0 Å². The summed E-state index contributed by atoms with van der Waals surface area (Å²) in [5.74, 6) is -1.79. The molecule has 12 heteroatoms. The summed E-state index contributed by atoms with van der Waals surface area (Å²) < 4.78 is 80.3. The number of carbonyl (C=O) groups is 3. The molecule has 2 saturated heterocycles. The van der Waals surface area contributed by atoms with Gasteiger partial charge < -0.3 is 14.7 Å². The highest BCUT2D eigenvalue weighted by Gasteiger charge is 2.41. The molecule has 2 fully saturated rings. The zero-order valence-electron chi connectivity index (χ0n) is 24.3. The monoisotopic (exact) mass is 611 g/mol. The van der Waals surface area contributed by atoms with E-state index in [0.717, 1.165) is 16.0 Å². The van der Waals surface area contributed by atoms with Gasteiger partial charge in [0.05, 0.1) is 11.1 Å². The standard InChI is InChI=1S/C31H35F6N3O3/c1-19-4-6-22(7-5-19)27-18-40(28(42)23-8-11-39(12-9-23)20(2)41)13-10-26(27)29(43)38(3)17-21-14-24(30(32,33)34)16-25(15-21)31(35,36)37/h4-7,14-16,23,26-27H,8-13,17-18H2,1-3H3/t26-,27+/m0/s1. The van der Waals surface area contributed by atoms with E-state index in [4.69, 9.17) is 0 Å². The molecule has 0 saturated carbocycles. The molecule has 2 atom stereocenters. The molecule has 0 spiro atoms. The highest BCUT2D eigenvalue weighted by Crippen LogP contribution is 2.38. The summed E-state index contributed by atoms with van der Waals surface area (Å²) in [6.07, 6.45) is -8.59. The van der Waals surface area contributed by atoms with Crippen molar-refractivity contribution in [3.8, 4) is 0 Å². The average Bonchev–Trinajstić information content (AvgIpc) is 2.95. The lowest BCUT2D eigenvalue weighted by atomic mass is 9.79. The molecule has 6 nitrogen and oxygen atoms in total. The van der Waals surface area contributed by atoms with Crippen LogP contribution in [-0.2, 0) is 33.3 Å². The Balaban J connectivity index is 1.54. The predicted octanol–water partition coefficient (Wildman–Crippen LogP) is 5.88. The summed E-state index contributed by atoms with van der Waals surface area (Å²) in [7, 11) is 1.36. The fourth-order valence-electron chi connectivity index (χ4n) is 6.04. The van der Waals surface area contributed by atoms with Gasteiger partial charge in [-0.1, -0.05) is 29.8 Å². The number of aryl methyl sites for hydroxylation is 1. The van der Waals surface area contributed by atoms with Crippen molar-refractivity contribution in [1.29, 1.82) is 0 Å². The minimum Gasteiger partial charge on any atom is -0.343 e. The first-order chi connectivity index (χ1) is 20.0. The largest absolute Gasteiger partial charge is 0.416 e. The molecule has 0 aromatic heterocycles.